The normalized spacial score (nSPS) is 11.7. The molecular formula is C15H11ClN4O4S. The van der Waals surface area contributed by atoms with Gasteiger partial charge >= 0.3 is 0 Å². The van der Waals surface area contributed by atoms with Gasteiger partial charge in [-0.3, -0.25) is 10.1 Å². The summed E-state index contributed by atoms with van der Waals surface area (Å²) in [7, 11) is 1.37. The van der Waals surface area contributed by atoms with E-state index >= 15 is 0 Å². The minimum atomic E-state index is -0.501. The van der Waals surface area contributed by atoms with E-state index in [1.807, 2.05) is 6.26 Å². The lowest BCUT2D eigenvalue weighted by molar-refractivity contribution is -0.384. The molecular weight excluding hydrogens is 368 g/mol. The van der Waals surface area contributed by atoms with Crippen molar-refractivity contribution in [3.05, 3.63) is 51.2 Å². The van der Waals surface area contributed by atoms with Crippen molar-refractivity contribution in [2.24, 2.45) is 5.16 Å². The maximum absolute atomic E-state index is 11.1. The van der Waals surface area contributed by atoms with Gasteiger partial charge in [-0.1, -0.05) is 23.4 Å². The molecule has 25 heavy (non-hydrogen) atoms. The molecule has 3 rings (SSSR count). The van der Waals surface area contributed by atoms with E-state index in [9.17, 15) is 10.1 Å². The van der Waals surface area contributed by atoms with Crippen LogP contribution in [0.2, 0.25) is 5.02 Å². The fourth-order valence-electron chi connectivity index (χ4n) is 2.18. The minimum Gasteiger partial charge on any atom is -0.416 e. The fraction of sp³-hybridized carbons (Fsp3) is 0.133. The van der Waals surface area contributed by atoms with Gasteiger partial charge < -0.3 is 9.25 Å². The zero-order chi connectivity index (χ0) is 18.0. The molecule has 10 heteroatoms. The minimum absolute atomic E-state index is 0.100. The van der Waals surface area contributed by atoms with Crippen LogP contribution in [-0.2, 0) is 4.84 Å². The first-order chi connectivity index (χ1) is 12.0. The van der Waals surface area contributed by atoms with Crippen molar-refractivity contribution in [2.75, 3.05) is 13.4 Å². The highest BCUT2D eigenvalue weighted by Crippen LogP contribution is 2.31. The maximum Gasteiger partial charge on any atom is 0.270 e. The van der Waals surface area contributed by atoms with Crippen LogP contribution in [0.25, 0.3) is 22.2 Å². The highest BCUT2D eigenvalue weighted by molar-refractivity contribution is 7.98. The van der Waals surface area contributed by atoms with Crippen LogP contribution in [0.4, 0.5) is 5.69 Å². The summed E-state index contributed by atoms with van der Waals surface area (Å²) in [5.74, 6) is 0. The van der Waals surface area contributed by atoms with E-state index < -0.39 is 4.92 Å². The van der Waals surface area contributed by atoms with Gasteiger partial charge in [-0.15, -0.1) is 0 Å². The molecule has 1 aromatic carbocycles. The first kappa shape index (κ1) is 17.2. The van der Waals surface area contributed by atoms with E-state index in [0.717, 1.165) is 0 Å². The van der Waals surface area contributed by atoms with Gasteiger partial charge in [-0.25, -0.2) is 4.98 Å². The molecule has 2 heterocycles. The molecule has 0 aliphatic rings. The lowest BCUT2D eigenvalue weighted by Crippen LogP contribution is -2.08. The standard InChI is InChI=1S/C15H11ClN4O4S/c1-23-19-14-11(10-6-9(20(21)22)3-4-12(10)16)5-8-7-17-15(25-2)18-13(8)24-14/h3-7H,1-2H3. The molecule has 0 N–H and O–H groups in total. The predicted octanol–water partition coefficient (Wildman–Crippen LogP) is 3.64. The fourth-order valence-corrected chi connectivity index (χ4v) is 2.73. The Hall–Kier alpha value is -2.65. The summed E-state index contributed by atoms with van der Waals surface area (Å²) in [4.78, 5) is 23.8. The van der Waals surface area contributed by atoms with Crippen LogP contribution in [0.1, 0.15) is 0 Å². The summed E-state index contributed by atoms with van der Waals surface area (Å²) in [6.45, 7) is 0. The number of benzene rings is 1. The summed E-state index contributed by atoms with van der Waals surface area (Å²) in [6, 6.07) is 5.82. The SMILES string of the molecule is CON=c1oc2nc(SC)ncc2cc1-c1cc([N+](=O)[O-])ccc1Cl. The van der Waals surface area contributed by atoms with Crippen molar-refractivity contribution in [2.45, 2.75) is 5.16 Å². The van der Waals surface area contributed by atoms with E-state index in [4.69, 9.17) is 20.9 Å². The topological polar surface area (TPSA) is 104 Å². The third-order valence-electron chi connectivity index (χ3n) is 3.29. The molecule has 0 saturated carbocycles. The van der Waals surface area contributed by atoms with Crippen molar-refractivity contribution >= 4 is 40.1 Å². The van der Waals surface area contributed by atoms with E-state index in [0.29, 0.717) is 32.4 Å². The number of rotatable bonds is 4. The Morgan fingerprint density at radius 1 is 1.36 bits per heavy atom. The molecule has 0 aliphatic heterocycles. The molecule has 0 spiro atoms. The number of hydrogen-bond donors (Lipinski definition) is 0. The molecule has 0 bridgehead atoms. The average molecular weight is 379 g/mol. The predicted molar refractivity (Wildman–Crippen MR) is 93.3 cm³/mol. The average Bonchev–Trinajstić information content (AvgIpc) is 2.61. The molecule has 0 fully saturated rings. The lowest BCUT2D eigenvalue weighted by Gasteiger charge is -2.06. The summed E-state index contributed by atoms with van der Waals surface area (Å²) in [5, 5.41) is 16.4. The van der Waals surface area contributed by atoms with Crippen LogP contribution >= 0.6 is 23.4 Å². The summed E-state index contributed by atoms with van der Waals surface area (Å²) in [6.07, 6.45) is 3.45. The quantitative estimate of drug-likeness (QED) is 0.295. The lowest BCUT2D eigenvalue weighted by atomic mass is 10.1. The molecule has 0 aliphatic carbocycles. The zero-order valence-electron chi connectivity index (χ0n) is 13.1. The maximum atomic E-state index is 11.1. The van der Waals surface area contributed by atoms with E-state index in [1.165, 1.54) is 37.1 Å². The van der Waals surface area contributed by atoms with Crippen LogP contribution in [0.15, 0.2) is 45.2 Å². The second-order valence-electron chi connectivity index (χ2n) is 4.78. The monoisotopic (exact) mass is 378 g/mol. The molecule has 0 radical (unpaired) electrons. The van der Waals surface area contributed by atoms with Gasteiger partial charge in [0, 0.05) is 28.9 Å². The number of thioether (sulfide) groups is 1. The van der Waals surface area contributed by atoms with Crippen LogP contribution in [0.5, 0.6) is 0 Å². The van der Waals surface area contributed by atoms with E-state index in [2.05, 4.69) is 15.1 Å². The van der Waals surface area contributed by atoms with E-state index in [1.54, 1.807) is 12.3 Å². The zero-order valence-corrected chi connectivity index (χ0v) is 14.7. The molecule has 0 atom stereocenters. The number of non-ortho nitro benzene ring substituents is 1. The Balaban J connectivity index is 2.32. The van der Waals surface area contributed by atoms with Gasteiger partial charge in [0.25, 0.3) is 11.2 Å². The number of hydrogen-bond acceptors (Lipinski definition) is 8. The highest BCUT2D eigenvalue weighted by Gasteiger charge is 2.16. The molecule has 0 amide bonds. The van der Waals surface area contributed by atoms with Gasteiger partial charge in [0.2, 0.25) is 5.71 Å². The van der Waals surface area contributed by atoms with Gasteiger partial charge in [-0.05, 0) is 23.5 Å². The highest BCUT2D eigenvalue weighted by atomic mass is 35.5. The first-order valence-corrected chi connectivity index (χ1v) is 8.50. The summed E-state index contributed by atoms with van der Waals surface area (Å²) >= 11 is 7.60. The Morgan fingerprint density at radius 2 is 2.16 bits per heavy atom. The van der Waals surface area contributed by atoms with Gasteiger partial charge in [0.05, 0.1) is 15.9 Å². The van der Waals surface area contributed by atoms with Crippen LogP contribution < -0.4 is 5.55 Å². The Morgan fingerprint density at radius 3 is 2.84 bits per heavy atom. The molecule has 3 aromatic rings. The van der Waals surface area contributed by atoms with Gasteiger partial charge in [0.1, 0.15) is 7.11 Å². The molecule has 8 nitrogen and oxygen atoms in total. The summed E-state index contributed by atoms with van der Waals surface area (Å²) in [5.41, 5.74) is 1.15. The number of nitro benzene ring substituents is 1. The first-order valence-electron chi connectivity index (χ1n) is 6.90. The Kier molecular flexibility index (Phi) is 4.86. The third kappa shape index (κ3) is 3.42. The number of halogens is 1. The van der Waals surface area contributed by atoms with Crippen molar-refractivity contribution in [3.8, 4) is 11.1 Å². The third-order valence-corrected chi connectivity index (χ3v) is 4.18. The van der Waals surface area contributed by atoms with Crippen LogP contribution in [0.3, 0.4) is 0 Å². The van der Waals surface area contributed by atoms with Crippen LogP contribution in [-0.4, -0.2) is 28.3 Å². The molecule has 128 valence electrons. The van der Waals surface area contributed by atoms with E-state index in [-0.39, 0.29) is 11.2 Å². The van der Waals surface area contributed by atoms with Crippen molar-refractivity contribution in [1.82, 2.24) is 9.97 Å². The van der Waals surface area contributed by atoms with Crippen molar-refractivity contribution in [3.63, 3.8) is 0 Å². The number of aromatic nitrogens is 2. The van der Waals surface area contributed by atoms with Crippen molar-refractivity contribution < 1.29 is 14.2 Å². The largest absolute Gasteiger partial charge is 0.416 e. The second kappa shape index (κ2) is 7.08. The van der Waals surface area contributed by atoms with Crippen molar-refractivity contribution in [1.29, 1.82) is 0 Å². The smallest absolute Gasteiger partial charge is 0.270 e. The number of nitro groups is 1. The molecule has 0 saturated heterocycles. The van der Waals surface area contributed by atoms with Crippen LogP contribution in [0, 0.1) is 10.1 Å². The second-order valence-corrected chi connectivity index (χ2v) is 5.96. The van der Waals surface area contributed by atoms with Gasteiger partial charge in [0.15, 0.2) is 5.16 Å². The Labute approximate surface area is 150 Å². The summed E-state index contributed by atoms with van der Waals surface area (Å²) < 4.78 is 5.70. The molecule has 2 aromatic heterocycles. The number of nitrogens with zero attached hydrogens (tertiary/aromatic N) is 4. The number of fused-ring (bicyclic) bond motifs is 1. The molecule has 0 unspecified atom stereocenters. The Bertz CT molecular complexity index is 1040. The van der Waals surface area contributed by atoms with Gasteiger partial charge in [-0.2, -0.15) is 4.98 Å².